The summed E-state index contributed by atoms with van der Waals surface area (Å²) in [6.07, 6.45) is -0.0242. The monoisotopic (exact) mass is 239 g/mol. The van der Waals surface area contributed by atoms with Crippen molar-refractivity contribution in [2.45, 2.75) is 6.42 Å². The zero-order valence-corrected chi connectivity index (χ0v) is 9.45. The lowest BCUT2D eigenvalue weighted by Gasteiger charge is -2.15. The normalized spacial score (nSPS) is 15.8. The Labute approximate surface area is 97.7 Å². The quantitative estimate of drug-likeness (QED) is 0.738. The summed E-state index contributed by atoms with van der Waals surface area (Å²) in [7, 11) is 1.52. The van der Waals surface area contributed by atoms with Crippen molar-refractivity contribution in [3.8, 4) is 5.75 Å². The molecule has 0 bridgehead atoms. The van der Waals surface area contributed by atoms with E-state index in [0.29, 0.717) is 16.5 Å². The average molecular weight is 240 g/mol. The molecule has 5 heteroatoms. The van der Waals surface area contributed by atoms with Crippen LogP contribution in [0.1, 0.15) is 6.42 Å². The zero-order valence-electron chi connectivity index (χ0n) is 8.70. The van der Waals surface area contributed by atoms with Crippen molar-refractivity contribution in [2.75, 3.05) is 18.6 Å². The number of amides is 1. The standard InChI is InChI=1S/C11H10ClNO3/c1-16-10-3-2-7(4-9(10)12)13-6-8(14)5-11(13)15/h2-4H,5-6H2,1H3. The molecular formula is C11H10ClNO3. The fraction of sp³-hybridized carbons (Fsp3) is 0.273. The average Bonchev–Trinajstić information content (AvgIpc) is 2.58. The molecule has 0 N–H and O–H groups in total. The first-order valence-corrected chi connectivity index (χ1v) is 5.15. The number of Topliss-reactive ketones (excluding diaryl/α,β-unsaturated/α-hetero) is 1. The van der Waals surface area contributed by atoms with Crippen LogP contribution in [0.5, 0.6) is 5.75 Å². The Morgan fingerprint density at radius 2 is 2.12 bits per heavy atom. The predicted molar refractivity (Wildman–Crippen MR) is 60.0 cm³/mol. The number of benzene rings is 1. The molecule has 0 aromatic heterocycles. The highest BCUT2D eigenvalue weighted by Crippen LogP contribution is 2.30. The van der Waals surface area contributed by atoms with E-state index in [2.05, 4.69) is 0 Å². The van der Waals surface area contributed by atoms with Crippen molar-refractivity contribution in [2.24, 2.45) is 0 Å². The van der Waals surface area contributed by atoms with Gasteiger partial charge in [0.15, 0.2) is 5.78 Å². The third kappa shape index (κ3) is 1.88. The number of halogens is 1. The van der Waals surface area contributed by atoms with E-state index in [4.69, 9.17) is 16.3 Å². The molecule has 1 fully saturated rings. The fourth-order valence-electron chi connectivity index (χ4n) is 1.64. The number of hydrogen-bond acceptors (Lipinski definition) is 3. The highest BCUT2D eigenvalue weighted by Gasteiger charge is 2.28. The van der Waals surface area contributed by atoms with E-state index in [9.17, 15) is 9.59 Å². The number of ketones is 1. The summed E-state index contributed by atoms with van der Waals surface area (Å²) < 4.78 is 5.01. The molecule has 1 amide bonds. The van der Waals surface area contributed by atoms with E-state index < -0.39 is 0 Å². The number of methoxy groups -OCH3 is 1. The van der Waals surface area contributed by atoms with Crippen LogP contribution in [0, 0.1) is 0 Å². The van der Waals surface area contributed by atoms with Gasteiger partial charge in [0.2, 0.25) is 5.91 Å². The Hall–Kier alpha value is -1.55. The molecule has 2 rings (SSSR count). The minimum Gasteiger partial charge on any atom is -0.495 e. The van der Waals surface area contributed by atoms with Gasteiger partial charge in [0, 0.05) is 5.69 Å². The van der Waals surface area contributed by atoms with E-state index in [1.54, 1.807) is 18.2 Å². The van der Waals surface area contributed by atoms with E-state index in [1.807, 2.05) is 0 Å². The smallest absolute Gasteiger partial charge is 0.234 e. The van der Waals surface area contributed by atoms with E-state index in [1.165, 1.54) is 12.0 Å². The number of ether oxygens (including phenoxy) is 1. The van der Waals surface area contributed by atoms with E-state index in [-0.39, 0.29) is 24.7 Å². The summed E-state index contributed by atoms with van der Waals surface area (Å²) in [5, 5.41) is 0.423. The zero-order chi connectivity index (χ0) is 11.7. The molecule has 0 unspecified atom stereocenters. The Morgan fingerprint density at radius 1 is 1.38 bits per heavy atom. The fourth-order valence-corrected chi connectivity index (χ4v) is 1.89. The van der Waals surface area contributed by atoms with Crippen LogP contribution in [0.25, 0.3) is 0 Å². The number of carbonyl (C=O) groups excluding carboxylic acids is 2. The minimum atomic E-state index is -0.189. The summed E-state index contributed by atoms with van der Waals surface area (Å²) >= 11 is 5.94. The summed E-state index contributed by atoms with van der Waals surface area (Å²) in [5.41, 5.74) is 0.627. The van der Waals surface area contributed by atoms with E-state index in [0.717, 1.165) is 0 Å². The maximum Gasteiger partial charge on any atom is 0.234 e. The highest BCUT2D eigenvalue weighted by molar-refractivity contribution is 6.32. The van der Waals surface area contributed by atoms with Gasteiger partial charge in [-0.1, -0.05) is 11.6 Å². The molecule has 1 saturated heterocycles. The van der Waals surface area contributed by atoms with Crippen molar-refractivity contribution >= 4 is 29.0 Å². The Balaban J connectivity index is 2.31. The van der Waals surface area contributed by atoms with Gasteiger partial charge in [-0.15, -0.1) is 0 Å². The topological polar surface area (TPSA) is 46.6 Å². The molecule has 1 heterocycles. The molecule has 4 nitrogen and oxygen atoms in total. The highest BCUT2D eigenvalue weighted by atomic mass is 35.5. The van der Waals surface area contributed by atoms with Crippen LogP contribution in [-0.4, -0.2) is 25.3 Å². The summed E-state index contributed by atoms with van der Waals surface area (Å²) in [5.74, 6) is 0.284. The number of anilines is 1. The Morgan fingerprint density at radius 3 is 2.62 bits per heavy atom. The molecule has 0 saturated carbocycles. The van der Waals surface area contributed by atoms with Crippen molar-refractivity contribution < 1.29 is 14.3 Å². The molecule has 0 radical (unpaired) electrons. The number of rotatable bonds is 2. The molecule has 0 spiro atoms. The number of nitrogens with zero attached hydrogens (tertiary/aromatic N) is 1. The van der Waals surface area contributed by atoms with Gasteiger partial charge in [-0.3, -0.25) is 9.59 Å². The van der Waals surface area contributed by atoms with Crippen molar-refractivity contribution in [1.82, 2.24) is 0 Å². The van der Waals surface area contributed by atoms with Gasteiger partial charge in [-0.2, -0.15) is 0 Å². The summed E-state index contributed by atoms with van der Waals surface area (Å²) in [6.45, 7) is 0.126. The lowest BCUT2D eigenvalue weighted by Crippen LogP contribution is -2.24. The molecular weight excluding hydrogens is 230 g/mol. The molecule has 0 aliphatic carbocycles. The SMILES string of the molecule is COc1ccc(N2CC(=O)CC2=O)cc1Cl. The first-order chi connectivity index (χ1) is 7.61. The maximum absolute atomic E-state index is 11.5. The first-order valence-electron chi connectivity index (χ1n) is 4.77. The van der Waals surface area contributed by atoms with Crippen molar-refractivity contribution in [3.63, 3.8) is 0 Å². The summed E-state index contributed by atoms with van der Waals surface area (Å²) in [6, 6.07) is 5.01. The molecule has 1 aromatic rings. The molecule has 1 aliphatic rings. The molecule has 84 valence electrons. The van der Waals surface area contributed by atoms with Crippen LogP contribution in [0.3, 0.4) is 0 Å². The predicted octanol–water partition coefficient (Wildman–Crippen LogP) is 1.65. The van der Waals surface area contributed by atoms with Gasteiger partial charge in [-0.05, 0) is 18.2 Å². The van der Waals surface area contributed by atoms with Crippen LogP contribution in [0.2, 0.25) is 5.02 Å². The largest absolute Gasteiger partial charge is 0.495 e. The number of hydrogen-bond donors (Lipinski definition) is 0. The summed E-state index contributed by atoms with van der Waals surface area (Å²) in [4.78, 5) is 24.0. The van der Waals surface area contributed by atoms with Gasteiger partial charge in [-0.25, -0.2) is 0 Å². The Bertz CT molecular complexity index is 459. The third-order valence-electron chi connectivity index (χ3n) is 2.43. The molecule has 16 heavy (non-hydrogen) atoms. The van der Waals surface area contributed by atoms with Gasteiger partial charge < -0.3 is 9.64 Å². The van der Waals surface area contributed by atoms with E-state index >= 15 is 0 Å². The second-order valence-electron chi connectivity index (χ2n) is 3.51. The molecule has 0 atom stereocenters. The third-order valence-corrected chi connectivity index (χ3v) is 2.73. The van der Waals surface area contributed by atoms with Crippen LogP contribution in [0.15, 0.2) is 18.2 Å². The minimum absolute atomic E-state index is 0.0242. The first kappa shape index (κ1) is 11.0. The van der Waals surface area contributed by atoms with Gasteiger partial charge in [0.25, 0.3) is 0 Å². The second kappa shape index (κ2) is 4.14. The number of carbonyl (C=O) groups is 2. The van der Waals surface area contributed by atoms with Crippen LogP contribution in [-0.2, 0) is 9.59 Å². The second-order valence-corrected chi connectivity index (χ2v) is 3.92. The molecule has 1 aliphatic heterocycles. The lowest BCUT2D eigenvalue weighted by atomic mass is 10.3. The van der Waals surface area contributed by atoms with Gasteiger partial charge in [0.1, 0.15) is 5.75 Å². The maximum atomic E-state index is 11.5. The van der Waals surface area contributed by atoms with Gasteiger partial charge >= 0.3 is 0 Å². The lowest BCUT2D eigenvalue weighted by molar-refractivity contribution is -0.121. The molecule has 1 aromatic carbocycles. The van der Waals surface area contributed by atoms with Crippen LogP contribution >= 0.6 is 11.6 Å². The van der Waals surface area contributed by atoms with Crippen LogP contribution in [0.4, 0.5) is 5.69 Å². The van der Waals surface area contributed by atoms with Crippen molar-refractivity contribution in [1.29, 1.82) is 0 Å². The Kier molecular flexibility index (Phi) is 2.83. The van der Waals surface area contributed by atoms with Crippen molar-refractivity contribution in [3.05, 3.63) is 23.2 Å². The van der Waals surface area contributed by atoms with Crippen LogP contribution < -0.4 is 9.64 Å². The van der Waals surface area contributed by atoms with Gasteiger partial charge in [0.05, 0.1) is 25.1 Å².